The molecule has 1 atom stereocenters. The van der Waals surface area contributed by atoms with Gasteiger partial charge in [-0.25, -0.2) is 4.79 Å². The first-order valence-electron chi connectivity index (χ1n) is 8.69. The highest BCUT2D eigenvalue weighted by Crippen LogP contribution is 2.24. The molecule has 2 aromatic rings. The van der Waals surface area contributed by atoms with Crippen LogP contribution in [-0.4, -0.2) is 40.5 Å². The molecule has 3 rings (SSSR count). The van der Waals surface area contributed by atoms with Crippen LogP contribution in [0.1, 0.15) is 50.0 Å². The lowest BCUT2D eigenvalue weighted by atomic mass is 10.00. The largest absolute Gasteiger partial charge is 0.463 e. The number of likely N-dealkylation sites (tertiary alicyclic amines) is 1. The maximum absolute atomic E-state index is 12.9. The van der Waals surface area contributed by atoms with Crippen molar-refractivity contribution in [2.45, 2.75) is 52.1 Å². The molecule has 2 aromatic heterocycles. The average Bonchev–Trinajstić information content (AvgIpc) is 3.17. The molecule has 3 heterocycles. The number of fused-ring (bicyclic) bond motifs is 1. The van der Waals surface area contributed by atoms with E-state index in [1.807, 2.05) is 4.90 Å². The molecule has 1 fully saturated rings. The van der Waals surface area contributed by atoms with Crippen molar-refractivity contribution >= 4 is 23.0 Å². The second-order valence-electron chi connectivity index (χ2n) is 6.15. The van der Waals surface area contributed by atoms with E-state index in [-0.39, 0.29) is 12.5 Å². The van der Waals surface area contributed by atoms with Crippen LogP contribution in [-0.2, 0) is 16.1 Å². The normalized spacial score (nSPS) is 18.1. The van der Waals surface area contributed by atoms with Crippen molar-refractivity contribution in [2.75, 3.05) is 13.2 Å². The lowest BCUT2D eigenvalue weighted by Gasteiger charge is -2.35. The predicted molar refractivity (Wildman–Crippen MR) is 89.8 cm³/mol. The van der Waals surface area contributed by atoms with E-state index in [0.29, 0.717) is 23.9 Å². The lowest BCUT2D eigenvalue weighted by Crippen LogP contribution is -2.45. The van der Waals surface area contributed by atoms with Crippen LogP contribution in [0.25, 0.3) is 11.1 Å². The fraction of sp³-hybridized carbons (Fsp3) is 0.556. The van der Waals surface area contributed by atoms with Gasteiger partial charge in [0, 0.05) is 24.7 Å². The molecule has 6 heteroatoms. The van der Waals surface area contributed by atoms with Gasteiger partial charge in [0.25, 0.3) is 0 Å². The third-order valence-electron chi connectivity index (χ3n) is 4.72. The molecule has 1 aliphatic rings. The van der Waals surface area contributed by atoms with Crippen molar-refractivity contribution < 1.29 is 18.7 Å². The molecule has 0 bridgehead atoms. The summed E-state index contributed by atoms with van der Waals surface area (Å²) in [5.74, 6) is -0.381. The zero-order chi connectivity index (χ0) is 17.1. The number of hydrogen-bond acceptors (Lipinski definition) is 4. The number of hydrogen-bond donors (Lipinski definition) is 0. The van der Waals surface area contributed by atoms with Crippen molar-refractivity contribution in [3.05, 3.63) is 24.1 Å². The van der Waals surface area contributed by atoms with E-state index < -0.39 is 5.97 Å². The Morgan fingerprint density at radius 3 is 2.92 bits per heavy atom. The molecular formula is C18H24N2O4. The van der Waals surface area contributed by atoms with E-state index in [9.17, 15) is 9.59 Å². The molecule has 0 unspecified atom stereocenters. The predicted octanol–water partition coefficient (Wildman–Crippen LogP) is 3.20. The summed E-state index contributed by atoms with van der Waals surface area (Å²) in [6.07, 6.45) is 5.80. The fourth-order valence-corrected chi connectivity index (χ4v) is 3.50. The van der Waals surface area contributed by atoms with Crippen LogP contribution in [0.5, 0.6) is 0 Å². The number of carbonyl (C=O) groups excluding carboxylic acids is 2. The zero-order valence-corrected chi connectivity index (χ0v) is 14.3. The van der Waals surface area contributed by atoms with Crippen molar-refractivity contribution in [2.24, 2.45) is 0 Å². The first kappa shape index (κ1) is 16.6. The number of carbonyl (C=O) groups is 2. The zero-order valence-electron chi connectivity index (χ0n) is 14.3. The number of piperidine rings is 1. The minimum Gasteiger partial charge on any atom is -0.463 e. The highest BCUT2D eigenvalue weighted by atomic mass is 16.5. The average molecular weight is 332 g/mol. The number of amides is 1. The van der Waals surface area contributed by atoms with E-state index in [0.717, 1.165) is 31.3 Å². The monoisotopic (exact) mass is 332 g/mol. The van der Waals surface area contributed by atoms with Gasteiger partial charge in [0.15, 0.2) is 5.58 Å². The summed E-state index contributed by atoms with van der Waals surface area (Å²) in [5.41, 5.74) is 1.71. The van der Waals surface area contributed by atoms with E-state index in [1.54, 1.807) is 29.9 Å². The van der Waals surface area contributed by atoms with Crippen LogP contribution in [0.4, 0.5) is 0 Å². The number of furan rings is 1. The first-order valence-corrected chi connectivity index (χ1v) is 8.69. The van der Waals surface area contributed by atoms with Gasteiger partial charge in [-0.3, -0.25) is 4.79 Å². The minimum absolute atomic E-state index is 0.0470. The van der Waals surface area contributed by atoms with Gasteiger partial charge >= 0.3 is 5.97 Å². The molecule has 1 saturated heterocycles. The molecule has 1 amide bonds. The van der Waals surface area contributed by atoms with Gasteiger partial charge in [-0.2, -0.15) is 0 Å². The first-order chi connectivity index (χ1) is 11.7. The molecular weight excluding hydrogens is 308 g/mol. The Hall–Kier alpha value is -2.24. The van der Waals surface area contributed by atoms with Gasteiger partial charge in [0.2, 0.25) is 5.91 Å². The molecule has 0 saturated carbocycles. The van der Waals surface area contributed by atoms with Crippen LogP contribution in [0.3, 0.4) is 0 Å². The maximum atomic E-state index is 12.9. The molecule has 0 radical (unpaired) electrons. The van der Waals surface area contributed by atoms with Gasteiger partial charge in [-0.15, -0.1) is 0 Å². The van der Waals surface area contributed by atoms with Crippen LogP contribution in [0.2, 0.25) is 0 Å². The quantitative estimate of drug-likeness (QED) is 0.789. The van der Waals surface area contributed by atoms with E-state index in [2.05, 4.69) is 6.92 Å². The molecule has 0 aliphatic carbocycles. The topological polar surface area (TPSA) is 64.7 Å². The van der Waals surface area contributed by atoms with Crippen molar-refractivity contribution in [3.8, 4) is 0 Å². The highest BCUT2D eigenvalue weighted by Gasteiger charge is 2.27. The molecule has 0 N–H and O–H groups in total. The molecule has 1 aliphatic heterocycles. The van der Waals surface area contributed by atoms with Crippen LogP contribution >= 0.6 is 0 Å². The van der Waals surface area contributed by atoms with Gasteiger partial charge in [-0.1, -0.05) is 6.92 Å². The van der Waals surface area contributed by atoms with Crippen LogP contribution in [0, 0.1) is 0 Å². The summed E-state index contributed by atoms with van der Waals surface area (Å²) >= 11 is 0. The third-order valence-corrected chi connectivity index (χ3v) is 4.72. The maximum Gasteiger partial charge on any atom is 0.355 e. The Labute approximate surface area is 141 Å². The number of rotatable bonds is 5. The SMILES string of the molecule is CCOC(=O)c1cc2occc2n1CC(=O)N1CCCC[C@H]1CC. The highest BCUT2D eigenvalue weighted by molar-refractivity contribution is 5.95. The number of esters is 1. The van der Waals surface area contributed by atoms with Crippen molar-refractivity contribution in [3.63, 3.8) is 0 Å². The minimum atomic E-state index is -0.428. The van der Waals surface area contributed by atoms with Crippen molar-refractivity contribution in [1.82, 2.24) is 9.47 Å². The Morgan fingerprint density at radius 2 is 2.17 bits per heavy atom. The number of ether oxygens (including phenoxy) is 1. The van der Waals surface area contributed by atoms with E-state index in [4.69, 9.17) is 9.15 Å². The number of nitrogens with zero attached hydrogens (tertiary/aromatic N) is 2. The van der Waals surface area contributed by atoms with Crippen LogP contribution < -0.4 is 0 Å². The van der Waals surface area contributed by atoms with Gasteiger partial charge in [0.1, 0.15) is 12.2 Å². The molecule has 0 aromatic carbocycles. The van der Waals surface area contributed by atoms with Gasteiger partial charge < -0.3 is 18.6 Å². The van der Waals surface area contributed by atoms with E-state index in [1.165, 1.54) is 6.42 Å². The number of aromatic nitrogens is 1. The summed E-state index contributed by atoms with van der Waals surface area (Å²) in [4.78, 5) is 27.0. The van der Waals surface area contributed by atoms with Gasteiger partial charge in [0.05, 0.1) is 18.4 Å². The summed E-state index contributed by atoms with van der Waals surface area (Å²) in [6, 6.07) is 3.72. The smallest absolute Gasteiger partial charge is 0.355 e. The van der Waals surface area contributed by atoms with Crippen LogP contribution in [0.15, 0.2) is 22.8 Å². The van der Waals surface area contributed by atoms with Gasteiger partial charge in [-0.05, 0) is 32.6 Å². The molecule has 130 valence electrons. The Bertz CT molecular complexity index is 731. The second-order valence-corrected chi connectivity index (χ2v) is 6.15. The fourth-order valence-electron chi connectivity index (χ4n) is 3.50. The van der Waals surface area contributed by atoms with Crippen molar-refractivity contribution in [1.29, 1.82) is 0 Å². The molecule has 6 nitrogen and oxygen atoms in total. The summed E-state index contributed by atoms with van der Waals surface area (Å²) in [5, 5.41) is 0. The second kappa shape index (κ2) is 7.11. The Balaban J connectivity index is 1.87. The standard InChI is InChI=1S/C18H24N2O4/c1-3-13-7-5-6-9-19(13)17(21)12-20-14-8-10-24-16(14)11-15(20)18(22)23-4-2/h8,10-11,13H,3-7,9,12H2,1-2H3/t13-/m1/s1. The van der Waals surface area contributed by atoms with E-state index >= 15 is 0 Å². The summed E-state index contributed by atoms with van der Waals surface area (Å²) in [7, 11) is 0. The molecule has 24 heavy (non-hydrogen) atoms. The summed E-state index contributed by atoms with van der Waals surface area (Å²) < 4.78 is 12.2. The Morgan fingerprint density at radius 1 is 1.33 bits per heavy atom. The third kappa shape index (κ3) is 3.05. The Kier molecular flexibility index (Phi) is 4.92. The lowest BCUT2D eigenvalue weighted by molar-refractivity contribution is -0.135. The summed E-state index contributed by atoms with van der Waals surface area (Å²) in [6.45, 7) is 5.10. The molecule has 0 spiro atoms.